The highest BCUT2D eigenvalue weighted by Crippen LogP contribution is 2.17. The van der Waals surface area contributed by atoms with Gasteiger partial charge in [-0.1, -0.05) is 18.2 Å². The van der Waals surface area contributed by atoms with E-state index in [2.05, 4.69) is 33.1 Å². The Labute approximate surface area is 167 Å². The molecule has 0 bridgehead atoms. The Kier molecular flexibility index (Phi) is 6.13. The van der Waals surface area contributed by atoms with E-state index in [-0.39, 0.29) is 5.91 Å². The average Bonchev–Trinajstić information content (AvgIpc) is 3.18. The number of nitrogens with zero attached hydrogens (tertiary/aromatic N) is 1. The number of benzene rings is 2. The summed E-state index contributed by atoms with van der Waals surface area (Å²) in [6, 6.07) is 17.6. The lowest BCUT2D eigenvalue weighted by Gasteiger charge is -2.06. The maximum Gasteiger partial charge on any atom is 0.344 e. The largest absolute Gasteiger partial charge is 0.423 e. The van der Waals surface area contributed by atoms with Gasteiger partial charge < -0.3 is 4.74 Å². The lowest BCUT2D eigenvalue weighted by molar-refractivity contribution is 0.0733. The second-order valence-corrected chi connectivity index (χ2v) is 7.22. The van der Waals surface area contributed by atoms with Crippen LogP contribution in [0.5, 0.6) is 5.75 Å². The number of thiophene rings is 1. The van der Waals surface area contributed by atoms with Crippen molar-refractivity contribution in [3.05, 3.63) is 85.6 Å². The molecule has 130 valence electrons. The Morgan fingerprint density at radius 2 is 1.81 bits per heavy atom. The molecule has 7 heteroatoms. The normalized spacial score (nSPS) is 10.7. The summed E-state index contributed by atoms with van der Waals surface area (Å²) in [5.74, 6) is -0.215. The number of hydrogen-bond donors (Lipinski definition) is 1. The van der Waals surface area contributed by atoms with E-state index >= 15 is 0 Å². The van der Waals surface area contributed by atoms with Gasteiger partial charge in [-0.25, -0.2) is 10.2 Å². The molecule has 0 atom stereocenters. The molecule has 2 aromatic carbocycles. The number of esters is 1. The van der Waals surface area contributed by atoms with Gasteiger partial charge in [0.2, 0.25) is 0 Å². The topological polar surface area (TPSA) is 67.8 Å². The van der Waals surface area contributed by atoms with Crippen LogP contribution in [0.15, 0.2) is 71.1 Å². The molecular weight excluding hydrogens is 463 g/mol. The summed E-state index contributed by atoms with van der Waals surface area (Å²) in [5.41, 5.74) is 3.76. The number of ether oxygens (including phenoxy) is 1. The van der Waals surface area contributed by atoms with E-state index < -0.39 is 5.97 Å². The van der Waals surface area contributed by atoms with Gasteiger partial charge in [0.05, 0.1) is 16.7 Å². The summed E-state index contributed by atoms with van der Waals surface area (Å²) in [6.45, 7) is 0. The van der Waals surface area contributed by atoms with Gasteiger partial charge >= 0.3 is 5.97 Å². The van der Waals surface area contributed by atoms with Gasteiger partial charge in [0, 0.05) is 3.57 Å². The molecule has 1 heterocycles. The molecule has 3 aromatic rings. The van der Waals surface area contributed by atoms with Crippen LogP contribution in [0.3, 0.4) is 0 Å². The number of hydrazone groups is 1. The van der Waals surface area contributed by atoms with E-state index in [0.29, 0.717) is 16.2 Å². The number of amides is 1. The highest BCUT2D eigenvalue weighted by molar-refractivity contribution is 14.1. The van der Waals surface area contributed by atoms with E-state index in [1.54, 1.807) is 48.5 Å². The lowest BCUT2D eigenvalue weighted by atomic mass is 10.2. The minimum Gasteiger partial charge on any atom is -0.423 e. The fourth-order valence-corrected chi connectivity index (χ4v) is 3.26. The first-order valence-corrected chi connectivity index (χ1v) is 9.53. The highest BCUT2D eigenvalue weighted by Gasteiger charge is 2.11. The maximum absolute atomic E-state index is 12.2. The number of rotatable bonds is 5. The predicted octanol–water partition coefficient (Wildman–Crippen LogP) is 4.34. The minimum atomic E-state index is -0.403. The van der Waals surface area contributed by atoms with Crippen molar-refractivity contribution in [3.63, 3.8) is 0 Å². The van der Waals surface area contributed by atoms with Crippen molar-refractivity contribution >= 4 is 52.0 Å². The molecule has 26 heavy (non-hydrogen) atoms. The summed E-state index contributed by atoms with van der Waals surface area (Å²) in [4.78, 5) is 24.5. The average molecular weight is 476 g/mol. The molecule has 0 radical (unpaired) electrons. The molecule has 0 saturated heterocycles. The van der Waals surface area contributed by atoms with Crippen LogP contribution in [0.25, 0.3) is 0 Å². The van der Waals surface area contributed by atoms with Crippen molar-refractivity contribution < 1.29 is 14.3 Å². The number of carbonyl (C=O) groups excluding carboxylic acids is 2. The van der Waals surface area contributed by atoms with E-state index in [9.17, 15) is 9.59 Å². The quantitative estimate of drug-likeness (QED) is 0.196. The second-order valence-electron chi connectivity index (χ2n) is 5.11. The Balaban J connectivity index is 1.58. The van der Waals surface area contributed by atoms with Gasteiger partial charge in [0.1, 0.15) is 5.75 Å². The predicted molar refractivity (Wildman–Crippen MR) is 110 cm³/mol. The van der Waals surface area contributed by atoms with Crippen LogP contribution >= 0.6 is 33.9 Å². The molecule has 1 amide bonds. The molecule has 0 spiro atoms. The van der Waals surface area contributed by atoms with Gasteiger partial charge in [0.15, 0.2) is 0 Å². The van der Waals surface area contributed by atoms with E-state index in [0.717, 1.165) is 9.13 Å². The molecule has 0 fully saturated rings. The zero-order valence-corrected chi connectivity index (χ0v) is 16.4. The third-order valence-electron chi connectivity index (χ3n) is 3.31. The first-order valence-electron chi connectivity index (χ1n) is 7.57. The monoisotopic (exact) mass is 476 g/mol. The van der Waals surface area contributed by atoms with Crippen LogP contribution in [0.2, 0.25) is 0 Å². The summed E-state index contributed by atoms with van der Waals surface area (Å²) in [7, 11) is 0. The number of halogens is 1. The fourth-order valence-electron chi connectivity index (χ4n) is 2.04. The summed E-state index contributed by atoms with van der Waals surface area (Å²) in [5, 5.41) is 5.75. The third-order valence-corrected chi connectivity index (χ3v) is 5.12. The smallest absolute Gasteiger partial charge is 0.344 e. The Morgan fingerprint density at radius 3 is 2.50 bits per heavy atom. The molecule has 0 saturated carbocycles. The Bertz CT molecular complexity index is 938. The Hall–Kier alpha value is -2.52. The van der Waals surface area contributed by atoms with Gasteiger partial charge in [-0.3, -0.25) is 4.79 Å². The Morgan fingerprint density at radius 1 is 1.04 bits per heavy atom. The second kappa shape index (κ2) is 8.72. The van der Waals surface area contributed by atoms with Crippen LogP contribution in [-0.4, -0.2) is 18.1 Å². The van der Waals surface area contributed by atoms with Crippen LogP contribution in [0.4, 0.5) is 0 Å². The summed E-state index contributed by atoms with van der Waals surface area (Å²) in [6.07, 6.45) is 1.53. The van der Waals surface area contributed by atoms with Gasteiger partial charge in [-0.15, -0.1) is 11.3 Å². The van der Waals surface area contributed by atoms with Gasteiger partial charge in [0.25, 0.3) is 5.91 Å². The summed E-state index contributed by atoms with van der Waals surface area (Å²) >= 11 is 3.44. The van der Waals surface area contributed by atoms with Crippen LogP contribution in [0.1, 0.15) is 25.6 Å². The SMILES string of the molecule is O=C(NN=Cc1ccc(OC(=O)c2ccccc2I)cc1)c1cccs1. The first kappa shape index (κ1) is 18.3. The van der Waals surface area contributed by atoms with Crippen LogP contribution < -0.4 is 10.2 Å². The third kappa shape index (κ3) is 4.77. The number of nitrogens with one attached hydrogen (secondary N) is 1. The molecule has 0 aliphatic heterocycles. The van der Waals surface area contributed by atoms with E-state index in [1.807, 2.05) is 17.5 Å². The molecular formula is C19H13IN2O3S. The molecule has 1 N–H and O–H groups in total. The van der Waals surface area contributed by atoms with Crippen molar-refractivity contribution in [2.45, 2.75) is 0 Å². The van der Waals surface area contributed by atoms with Crippen LogP contribution in [-0.2, 0) is 0 Å². The lowest BCUT2D eigenvalue weighted by Crippen LogP contribution is -2.16. The van der Waals surface area contributed by atoms with Crippen molar-refractivity contribution in [1.29, 1.82) is 0 Å². The number of hydrogen-bond acceptors (Lipinski definition) is 5. The molecule has 0 unspecified atom stereocenters. The molecule has 5 nitrogen and oxygen atoms in total. The van der Waals surface area contributed by atoms with Gasteiger partial charge in [-0.2, -0.15) is 5.10 Å². The molecule has 0 aliphatic carbocycles. The minimum absolute atomic E-state index is 0.251. The number of carbonyl (C=O) groups is 2. The van der Waals surface area contributed by atoms with Crippen molar-refractivity contribution in [1.82, 2.24) is 5.43 Å². The zero-order valence-electron chi connectivity index (χ0n) is 13.4. The highest BCUT2D eigenvalue weighted by atomic mass is 127. The van der Waals surface area contributed by atoms with Gasteiger partial charge in [-0.05, 0) is 76.0 Å². The van der Waals surface area contributed by atoms with E-state index in [4.69, 9.17) is 4.74 Å². The zero-order chi connectivity index (χ0) is 18.4. The fraction of sp³-hybridized carbons (Fsp3) is 0. The summed E-state index contributed by atoms with van der Waals surface area (Å²) < 4.78 is 6.20. The molecule has 1 aromatic heterocycles. The van der Waals surface area contributed by atoms with Crippen molar-refractivity contribution in [2.24, 2.45) is 5.10 Å². The van der Waals surface area contributed by atoms with Crippen molar-refractivity contribution in [2.75, 3.05) is 0 Å². The standard InChI is InChI=1S/C19H13IN2O3S/c20-16-5-2-1-4-15(16)19(24)25-14-9-7-13(8-10-14)12-21-22-18(23)17-6-3-11-26-17/h1-12H,(H,22,23). The first-order chi connectivity index (χ1) is 12.6. The maximum atomic E-state index is 12.2. The molecule has 3 rings (SSSR count). The van der Waals surface area contributed by atoms with Crippen LogP contribution in [0, 0.1) is 3.57 Å². The molecule has 0 aliphatic rings. The van der Waals surface area contributed by atoms with E-state index in [1.165, 1.54) is 17.6 Å². The van der Waals surface area contributed by atoms with Crippen molar-refractivity contribution in [3.8, 4) is 5.75 Å².